The third-order valence-corrected chi connectivity index (χ3v) is 4.51. The molecule has 0 radical (unpaired) electrons. The largest absolute Gasteiger partial charge is 0.390 e. The van der Waals surface area contributed by atoms with Gasteiger partial charge in [0.25, 0.3) is 5.01 Å². The summed E-state index contributed by atoms with van der Waals surface area (Å²) in [4.78, 5) is 0. The minimum absolute atomic E-state index is 0.127. The van der Waals surface area contributed by atoms with Crippen LogP contribution in [-0.4, -0.2) is 11.7 Å². The molecule has 0 atom stereocenters. The van der Waals surface area contributed by atoms with Crippen molar-refractivity contribution in [1.82, 2.24) is 0 Å². The maximum Gasteiger partial charge on any atom is 0.270 e. The van der Waals surface area contributed by atoms with Crippen molar-refractivity contribution in [2.24, 2.45) is 0 Å². The molecule has 0 amide bonds. The van der Waals surface area contributed by atoms with Gasteiger partial charge < -0.3 is 5.11 Å². The van der Waals surface area contributed by atoms with Crippen molar-refractivity contribution < 1.29 is 9.67 Å². The molecule has 0 aliphatic carbocycles. The number of fused-ring (bicyclic) bond motifs is 1. The van der Waals surface area contributed by atoms with E-state index in [1.165, 1.54) is 15.3 Å². The van der Waals surface area contributed by atoms with Gasteiger partial charge in [0.15, 0.2) is 6.54 Å². The molecular formula is C17H16NOS+. The highest BCUT2D eigenvalue weighted by Crippen LogP contribution is 2.30. The van der Waals surface area contributed by atoms with E-state index in [2.05, 4.69) is 35.4 Å². The van der Waals surface area contributed by atoms with Crippen LogP contribution >= 0.6 is 11.3 Å². The van der Waals surface area contributed by atoms with Crippen molar-refractivity contribution in [3.8, 4) is 10.6 Å². The fourth-order valence-corrected chi connectivity index (χ4v) is 3.67. The standard InChI is InChI=1S/C17H16NOS/c1-2-13-9-6-10-15-16(13)18(11-12-19)17(20-15)14-7-4-3-5-8-14/h2-10,19H,1,11-12H2/q+1. The zero-order valence-corrected chi connectivity index (χ0v) is 11.9. The lowest BCUT2D eigenvalue weighted by Crippen LogP contribution is -2.36. The van der Waals surface area contributed by atoms with E-state index in [4.69, 9.17) is 0 Å². The topological polar surface area (TPSA) is 24.1 Å². The Morgan fingerprint density at radius 2 is 1.90 bits per heavy atom. The number of aromatic nitrogens is 1. The molecule has 0 fully saturated rings. The van der Waals surface area contributed by atoms with Gasteiger partial charge in [-0.15, -0.1) is 0 Å². The first-order valence-electron chi connectivity index (χ1n) is 6.59. The van der Waals surface area contributed by atoms with Crippen molar-refractivity contribution in [2.75, 3.05) is 6.61 Å². The molecule has 0 unspecified atom stereocenters. The molecule has 1 aromatic heterocycles. The van der Waals surface area contributed by atoms with Gasteiger partial charge in [0, 0.05) is 5.56 Å². The second-order valence-electron chi connectivity index (χ2n) is 4.55. The molecule has 20 heavy (non-hydrogen) atoms. The monoisotopic (exact) mass is 282 g/mol. The molecule has 1 N–H and O–H groups in total. The second kappa shape index (κ2) is 5.57. The van der Waals surface area contributed by atoms with E-state index >= 15 is 0 Å². The van der Waals surface area contributed by atoms with Crippen LogP contribution in [0.25, 0.3) is 26.9 Å². The van der Waals surface area contributed by atoms with Gasteiger partial charge in [0.05, 0.1) is 5.56 Å². The Balaban J connectivity index is 2.32. The second-order valence-corrected chi connectivity index (χ2v) is 5.58. The molecule has 2 nitrogen and oxygen atoms in total. The molecule has 100 valence electrons. The Morgan fingerprint density at radius 3 is 2.60 bits per heavy atom. The van der Waals surface area contributed by atoms with Crippen LogP contribution in [0.2, 0.25) is 0 Å². The molecule has 0 spiro atoms. The summed E-state index contributed by atoms with van der Waals surface area (Å²) in [5.74, 6) is 0. The van der Waals surface area contributed by atoms with Gasteiger partial charge in [-0.1, -0.05) is 48.3 Å². The number of hydrogen-bond donors (Lipinski definition) is 1. The third-order valence-electron chi connectivity index (χ3n) is 3.32. The summed E-state index contributed by atoms with van der Waals surface area (Å²) in [6.07, 6.45) is 1.87. The predicted molar refractivity (Wildman–Crippen MR) is 84.6 cm³/mol. The van der Waals surface area contributed by atoms with Crippen LogP contribution in [0.4, 0.5) is 0 Å². The smallest absolute Gasteiger partial charge is 0.270 e. The van der Waals surface area contributed by atoms with Gasteiger partial charge in [0.2, 0.25) is 5.52 Å². The zero-order chi connectivity index (χ0) is 13.9. The average molecular weight is 282 g/mol. The fourth-order valence-electron chi connectivity index (χ4n) is 2.44. The Labute approximate surface area is 122 Å². The SMILES string of the molecule is C=Cc1cccc2sc(-c3ccccc3)[n+](CCO)c12. The molecule has 0 saturated carbocycles. The van der Waals surface area contributed by atoms with E-state index in [1.54, 1.807) is 11.3 Å². The number of para-hydroxylation sites is 1. The van der Waals surface area contributed by atoms with Gasteiger partial charge in [-0.3, -0.25) is 0 Å². The molecule has 3 rings (SSSR count). The van der Waals surface area contributed by atoms with E-state index in [0.717, 1.165) is 11.1 Å². The lowest BCUT2D eigenvalue weighted by atomic mass is 10.2. The van der Waals surface area contributed by atoms with Gasteiger partial charge in [-0.2, -0.15) is 4.57 Å². The number of benzene rings is 2. The molecule has 0 aliphatic rings. The van der Waals surface area contributed by atoms with Gasteiger partial charge in [-0.05, 0) is 24.3 Å². The number of aliphatic hydroxyl groups excluding tert-OH is 1. The number of nitrogens with zero attached hydrogens (tertiary/aromatic N) is 1. The van der Waals surface area contributed by atoms with Crippen LogP contribution < -0.4 is 4.57 Å². The summed E-state index contributed by atoms with van der Waals surface area (Å²) in [6, 6.07) is 16.5. The van der Waals surface area contributed by atoms with Crippen LogP contribution in [0.3, 0.4) is 0 Å². The van der Waals surface area contributed by atoms with Crippen molar-refractivity contribution >= 4 is 27.6 Å². The summed E-state index contributed by atoms with van der Waals surface area (Å²) in [5, 5.41) is 10.6. The minimum Gasteiger partial charge on any atom is -0.390 e. The van der Waals surface area contributed by atoms with E-state index in [0.29, 0.717) is 6.54 Å². The highest BCUT2D eigenvalue weighted by molar-refractivity contribution is 7.21. The van der Waals surface area contributed by atoms with Crippen LogP contribution in [0.15, 0.2) is 55.1 Å². The average Bonchev–Trinajstić information content (AvgIpc) is 2.87. The number of thiazole rings is 1. The van der Waals surface area contributed by atoms with E-state index in [1.807, 2.05) is 30.3 Å². The molecule has 1 heterocycles. The van der Waals surface area contributed by atoms with Crippen LogP contribution in [0.5, 0.6) is 0 Å². The molecule has 0 saturated heterocycles. The van der Waals surface area contributed by atoms with Gasteiger partial charge >= 0.3 is 0 Å². The van der Waals surface area contributed by atoms with E-state index < -0.39 is 0 Å². The molecule has 0 aliphatic heterocycles. The van der Waals surface area contributed by atoms with Crippen molar-refractivity contribution in [3.05, 3.63) is 60.7 Å². The fraction of sp³-hybridized carbons (Fsp3) is 0.118. The maximum absolute atomic E-state index is 9.39. The Hall–Kier alpha value is -1.97. The first-order valence-corrected chi connectivity index (χ1v) is 7.41. The lowest BCUT2D eigenvalue weighted by Gasteiger charge is -1.99. The quantitative estimate of drug-likeness (QED) is 0.728. The van der Waals surface area contributed by atoms with Crippen LogP contribution in [-0.2, 0) is 6.54 Å². The summed E-state index contributed by atoms with van der Waals surface area (Å²) < 4.78 is 3.40. The number of hydrogen-bond acceptors (Lipinski definition) is 2. The number of aliphatic hydroxyl groups is 1. The van der Waals surface area contributed by atoms with Crippen LogP contribution in [0.1, 0.15) is 5.56 Å². The summed E-state index contributed by atoms with van der Waals surface area (Å²) in [6.45, 7) is 4.61. The van der Waals surface area contributed by atoms with Gasteiger partial charge in [0.1, 0.15) is 11.3 Å². The van der Waals surface area contributed by atoms with Crippen molar-refractivity contribution in [3.63, 3.8) is 0 Å². The normalized spacial score (nSPS) is 10.8. The highest BCUT2D eigenvalue weighted by Gasteiger charge is 2.23. The number of rotatable bonds is 4. The van der Waals surface area contributed by atoms with E-state index in [9.17, 15) is 5.11 Å². The highest BCUT2D eigenvalue weighted by atomic mass is 32.1. The Bertz CT molecular complexity index is 746. The van der Waals surface area contributed by atoms with E-state index in [-0.39, 0.29) is 6.61 Å². The lowest BCUT2D eigenvalue weighted by molar-refractivity contribution is -0.658. The van der Waals surface area contributed by atoms with Crippen LogP contribution in [0, 0.1) is 0 Å². The Kier molecular flexibility index (Phi) is 3.63. The first-order chi connectivity index (χ1) is 9.85. The third kappa shape index (κ3) is 2.15. The zero-order valence-electron chi connectivity index (χ0n) is 11.1. The summed E-state index contributed by atoms with van der Waals surface area (Å²) in [7, 11) is 0. The van der Waals surface area contributed by atoms with Crippen molar-refractivity contribution in [1.29, 1.82) is 0 Å². The maximum atomic E-state index is 9.39. The molecular weight excluding hydrogens is 266 g/mol. The Morgan fingerprint density at radius 1 is 1.10 bits per heavy atom. The summed E-state index contributed by atoms with van der Waals surface area (Å²) >= 11 is 1.75. The minimum atomic E-state index is 0.127. The predicted octanol–water partition coefficient (Wildman–Crippen LogP) is 3.49. The van der Waals surface area contributed by atoms with Crippen molar-refractivity contribution in [2.45, 2.75) is 6.54 Å². The molecule has 3 aromatic rings. The first kappa shape index (κ1) is 13.0. The molecule has 2 aromatic carbocycles. The summed E-state index contributed by atoms with van der Waals surface area (Å²) in [5.41, 5.74) is 3.44. The molecule has 0 bridgehead atoms. The molecule has 3 heteroatoms. The van der Waals surface area contributed by atoms with Gasteiger partial charge in [-0.25, -0.2) is 0 Å².